The van der Waals surface area contributed by atoms with Crippen molar-refractivity contribution in [2.75, 3.05) is 17.7 Å². The van der Waals surface area contributed by atoms with Crippen LogP contribution in [0.25, 0.3) is 5.69 Å². The van der Waals surface area contributed by atoms with Crippen LogP contribution in [0.4, 0.5) is 24.5 Å². The van der Waals surface area contributed by atoms with E-state index in [-0.39, 0.29) is 22.7 Å². The lowest BCUT2D eigenvalue weighted by Crippen LogP contribution is -2.29. The van der Waals surface area contributed by atoms with E-state index in [1.165, 1.54) is 47.7 Å². The summed E-state index contributed by atoms with van der Waals surface area (Å²) in [6.45, 7) is 2.94. The van der Waals surface area contributed by atoms with Gasteiger partial charge in [-0.15, -0.1) is 0 Å². The topological polar surface area (TPSA) is 97.4 Å². The van der Waals surface area contributed by atoms with Crippen molar-refractivity contribution < 1.29 is 22.8 Å². The number of nitrogens with one attached hydrogen (secondary N) is 1. The predicted molar refractivity (Wildman–Crippen MR) is 123 cm³/mol. The Hall–Kier alpha value is -4.08. The van der Waals surface area contributed by atoms with E-state index in [2.05, 4.69) is 5.32 Å². The van der Waals surface area contributed by atoms with Gasteiger partial charge < -0.3 is 16.0 Å². The van der Waals surface area contributed by atoms with Gasteiger partial charge in [-0.1, -0.05) is 6.07 Å². The fraction of sp³-hybridized carbons (Fsp3) is 0.208. The van der Waals surface area contributed by atoms with Crippen LogP contribution in [0.1, 0.15) is 41.4 Å². The van der Waals surface area contributed by atoms with Crippen LogP contribution in [0.2, 0.25) is 0 Å². The molecule has 0 aliphatic carbocycles. The molecule has 0 saturated heterocycles. The molecular formula is C24H23F3N4O3. The third-order valence-electron chi connectivity index (χ3n) is 5.29. The standard InChI is InChI=1S/C24H23F3N4O3/c1-14(17-9-18(24(25,26)27)11-19(28)10-17)29-23(34)16-7-8-22(33)31(13-16)21-6-4-5-20(12-21)30(3)15(2)32/h4-14H,28H2,1-3H3,(H,29,34). The maximum absolute atomic E-state index is 13.1. The summed E-state index contributed by atoms with van der Waals surface area (Å²) >= 11 is 0. The average Bonchev–Trinajstić information content (AvgIpc) is 2.77. The monoisotopic (exact) mass is 472 g/mol. The molecule has 1 atom stereocenters. The Morgan fingerprint density at radius 1 is 1.09 bits per heavy atom. The van der Waals surface area contributed by atoms with E-state index in [0.29, 0.717) is 11.4 Å². The van der Waals surface area contributed by atoms with Crippen LogP contribution in [0.5, 0.6) is 0 Å². The number of alkyl halides is 3. The Bertz CT molecular complexity index is 1300. The number of halogens is 3. The molecule has 0 saturated carbocycles. The van der Waals surface area contributed by atoms with Crippen molar-refractivity contribution in [2.24, 2.45) is 0 Å². The first-order valence-electron chi connectivity index (χ1n) is 10.2. The zero-order valence-electron chi connectivity index (χ0n) is 18.7. The molecule has 0 aliphatic heterocycles. The number of amides is 2. The van der Waals surface area contributed by atoms with E-state index in [9.17, 15) is 27.6 Å². The highest BCUT2D eigenvalue weighted by Crippen LogP contribution is 2.32. The molecule has 2 aromatic carbocycles. The van der Waals surface area contributed by atoms with E-state index >= 15 is 0 Å². The van der Waals surface area contributed by atoms with Crippen LogP contribution < -0.4 is 21.5 Å². The first-order valence-corrected chi connectivity index (χ1v) is 10.2. The maximum Gasteiger partial charge on any atom is 0.416 e. The Balaban J connectivity index is 1.89. The molecule has 7 nitrogen and oxygen atoms in total. The lowest BCUT2D eigenvalue weighted by Gasteiger charge is -2.18. The molecule has 1 heterocycles. The molecule has 0 spiro atoms. The molecule has 0 bridgehead atoms. The van der Waals surface area contributed by atoms with Crippen LogP contribution in [0, 0.1) is 0 Å². The molecule has 34 heavy (non-hydrogen) atoms. The lowest BCUT2D eigenvalue weighted by molar-refractivity contribution is -0.137. The van der Waals surface area contributed by atoms with Crippen LogP contribution >= 0.6 is 0 Å². The average molecular weight is 472 g/mol. The smallest absolute Gasteiger partial charge is 0.399 e. The minimum absolute atomic E-state index is 0.0742. The number of hydrogen-bond donors (Lipinski definition) is 2. The number of pyridine rings is 1. The Labute approximate surface area is 193 Å². The largest absolute Gasteiger partial charge is 0.416 e. The van der Waals surface area contributed by atoms with E-state index in [1.807, 2.05) is 0 Å². The molecular weight excluding hydrogens is 449 g/mol. The van der Waals surface area contributed by atoms with Crippen molar-refractivity contribution in [3.05, 3.63) is 87.8 Å². The second-order valence-electron chi connectivity index (χ2n) is 7.81. The van der Waals surface area contributed by atoms with Crippen molar-refractivity contribution in [3.8, 4) is 5.69 Å². The molecule has 1 aromatic heterocycles. The van der Waals surface area contributed by atoms with E-state index in [1.54, 1.807) is 31.3 Å². The summed E-state index contributed by atoms with van der Waals surface area (Å²) in [6.07, 6.45) is -3.24. The number of aromatic nitrogens is 1. The zero-order chi connectivity index (χ0) is 25.2. The van der Waals surface area contributed by atoms with Gasteiger partial charge in [0, 0.05) is 37.6 Å². The van der Waals surface area contributed by atoms with Gasteiger partial charge in [0.2, 0.25) is 5.91 Å². The van der Waals surface area contributed by atoms with E-state index in [4.69, 9.17) is 5.73 Å². The minimum Gasteiger partial charge on any atom is -0.399 e. The number of hydrogen-bond acceptors (Lipinski definition) is 4. The summed E-state index contributed by atoms with van der Waals surface area (Å²) < 4.78 is 40.6. The second kappa shape index (κ2) is 9.42. The fourth-order valence-corrected chi connectivity index (χ4v) is 3.31. The van der Waals surface area contributed by atoms with Gasteiger partial charge in [0.1, 0.15) is 0 Å². The highest BCUT2D eigenvalue weighted by atomic mass is 19.4. The molecule has 10 heteroatoms. The third kappa shape index (κ3) is 5.45. The van der Waals surface area contributed by atoms with Gasteiger partial charge >= 0.3 is 6.18 Å². The zero-order valence-corrected chi connectivity index (χ0v) is 18.7. The highest BCUT2D eigenvalue weighted by Gasteiger charge is 2.31. The number of nitrogens with zero attached hydrogens (tertiary/aromatic N) is 2. The quantitative estimate of drug-likeness (QED) is 0.550. The number of nitrogen functional groups attached to an aromatic ring is 1. The summed E-state index contributed by atoms with van der Waals surface area (Å²) in [5.41, 5.74) is 5.53. The fourth-order valence-electron chi connectivity index (χ4n) is 3.31. The molecule has 1 unspecified atom stereocenters. The molecule has 0 fully saturated rings. The molecule has 3 aromatic rings. The highest BCUT2D eigenvalue weighted by molar-refractivity contribution is 5.94. The number of carbonyl (C=O) groups is 2. The first-order chi connectivity index (χ1) is 15.9. The summed E-state index contributed by atoms with van der Waals surface area (Å²) in [6, 6.07) is 11.5. The lowest BCUT2D eigenvalue weighted by atomic mass is 10.0. The van der Waals surface area contributed by atoms with Gasteiger partial charge in [0.25, 0.3) is 11.5 Å². The summed E-state index contributed by atoms with van der Waals surface area (Å²) in [5, 5.41) is 2.63. The van der Waals surface area contributed by atoms with Gasteiger partial charge in [-0.2, -0.15) is 13.2 Å². The van der Waals surface area contributed by atoms with E-state index < -0.39 is 29.2 Å². The van der Waals surface area contributed by atoms with Gasteiger partial charge in [0.05, 0.1) is 22.9 Å². The molecule has 2 amide bonds. The molecule has 3 rings (SSSR count). The number of carbonyl (C=O) groups excluding carboxylic acids is 2. The van der Waals surface area contributed by atoms with Gasteiger partial charge in [-0.25, -0.2) is 0 Å². The van der Waals surface area contributed by atoms with Crippen molar-refractivity contribution >= 4 is 23.2 Å². The molecule has 0 aliphatic rings. The molecule has 178 valence electrons. The van der Waals surface area contributed by atoms with Crippen LogP contribution in [-0.4, -0.2) is 23.4 Å². The predicted octanol–water partition coefficient (Wildman–Crippen LogP) is 3.91. The SMILES string of the molecule is CC(=O)N(C)c1cccc(-n2cc(C(=O)NC(C)c3cc(N)cc(C(F)(F)F)c3)ccc2=O)c1. The van der Waals surface area contributed by atoms with Gasteiger partial charge in [-0.05, 0) is 55.0 Å². The summed E-state index contributed by atoms with van der Waals surface area (Å²) in [7, 11) is 1.59. The van der Waals surface area contributed by atoms with Crippen molar-refractivity contribution in [1.82, 2.24) is 9.88 Å². The second-order valence-corrected chi connectivity index (χ2v) is 7.81. The van der Waals surface area contributed by atoms with Crippen molar-refractivity contribution in [1.29, 1.82) is 0 Å². The first kappa shape index (κ1) is 24.6. The van der Waals surface area contributed by atoms with E-state index in [0.717, 1.165) is 12.1 Å². The summed E-state index contributed by atoms with van der Waals surface area (Å²) in [5.74, 6) is -0.781. The number of anilines is 2. The normalized spacial score (nSPS) is 12.2. The molecule has 3 N–H and O–H groups in total. The van der Waals surface area contributed by atoms with Gasteiger partial charge in [0.15, 0.2) is 0 Å². The van der Waals surface area contributed by atoms with Crippen LogP contribution in [-0.2, 0) is 11.0 Å². The van der Waals surface area contributed by atoms with Crippen molar-refractivity contribution in [3.63, 3.8) is 0 Å². The number of nitrogens with two attached hydrogens (primary N) is 1. The van der Waals surface area contributed by atoms with Crippen LogP contribution in [0.3, 0.4) is 0 Å². The van der Waals surface area contributed by atoms with Crippen molar-refractivity contribution in [2.45, 2.75) is 26.1 Å². The Kier molecular flexibility index (Phi) is 6.80. The molecule has 0 radical (unpaired) electrons. The maximum atomic E-state index is 13.1. The van der Waals surface area contributed by atoms with Crippen LogP contribution in [0.15, 0.2) is 65.6 Å². The Morgan fingerprint density at radius 2 is 1.79 bits per heavy atom. The number of rotatable bonds is 5. The summed E-state index contributed by atoms with van der Waals surface area (Å²) in [4.78, 5) is 38.3. The third-order valence-corrected chi connectivity index (χ3v) is 5.29. The van der Waals surface area contributed by atoms with Gasteiger partial charge in [-0.3, -0.25) is 19.0 Å². The Morgan fingerprint density at radius 3 is 2.44 bits per heavy atom. The minimum atomic E-state index is -4.58. The number of benzene rings is 2.